The van der Waals surface area contributed by atoms with E-state index in [4.69, 9.17) is 21.1 Å². The van der Waals surface area contributed by atoms with E-state index >= 15 is 0 Å². The van der Waals surface area contributed by atoms with Gasteiger partial charge in [-0.15, -0.1) is 24.0 Å². The van der Waals surface area contributed by atoms with Crippen molar-refractivity contribution < 1.29 is 9.47 Å². The van der Waals surface area contributed by atoms with Gasteiger partial charge in [-0.3, -0.25) is 4.99 Å². The molecule has 0 aliphatic carbocycles. The van der Waals surface area contributed by atoms with Gasteiger partial charge in [0.15, 0.2) is 5.96 Å². The third kappa shape index (κ3) is 4.01. The van der Waals surface area contributed by atoms with E-state index in [1.165, 1.54) is 12.8 Å². The van der Waals surface area contributed by atoms with Crippen molar-refractivity contribution in [2.75, 3.05) is 33.3 Å². The van der Waals surface area contributed by atoms with Gasteiger partial charge in [0.05, 0.1) is 18.8 Å². The Morgan fingerprint density at radius 2 is 2.04 bits per heavy atom. The third-order valence-corrected chi connectivity index (χ3v) is 5.65. The van der Waals surface area contributed by atoms with Crippen molar-refractivity contribution in [1.29, 1.82) is 0 Å². The van der Waals surface area contributed by atoms with Crippen molar-refractivity contribution in [3.05, 3.63) is 29.3 Å². The molecule has 3 aliphatic heterocycles. The summed E-state index contributed by atoms with van der Waals surface area (Å²) in [6.07, 6.45) is 3.43. The number of ether oxygens (including phenoxy) is 2. The highest BCUT2D eigenvalue weighted by Gasteiger charge is 2.53. The molecule has 2 bridgehead atoms. The van der Waals surface area contributed by atoms with Gasteiger partial charge in [0, 0.05) is 37.0 Å². The number of nitrogens with one attached hydrogen (secondary N) is 1. The molecule has 4 atom stereocenters. The van der Waals surface area contributed by atoms with E-state index in [-0.39, 0.29) is 24.0 Å². The van der Waals surface area contributed by atoms with Gasteiger partial charge in [-0.05, 0) is 31.0 Å². The standard InChI is InChI=1S/C18H24ClN3O2.HI/c1-20-18(21-7-8-23-13-4-2-3-12(19)9-13)22-10-14-15(11-22)17-6-5-16(14)24-17;/h2-4,9,14-17H,5-8,10-11H2,1H3,(H,20,21);1H. The molecule has 3 aliphatic rings. The summed E-state index contributed by atoms with van der Waals surface area (Å²) in [5.41, 5.74) is 0. The Morgan fingerprint density at radius 1 is 1.32 bits per heavy atom. The number of fused-ring (bicyclic) bond motifs is 5. The Bertz CT molecular complexity index is 612. The lowest BCUT2D eigenvalue weighted by atomic mass is 9.82. The average Bonchev–Trinajstić information content (AvgIpc) is 3.28. The first kappa shape index (κ1) is 19.0. The fourth-order valence-electron chi connectivity index (χ4n) is 4.35. The highest BCUT2D eigenvalue weighted by atomic mass is 127. The van der Waals surface area contributed by atoms with Crippen molar-refractivity contribution in [1.82, 2.24) is 10.2 Å². The highest BCUT2D eigenvalue weighted by Crippen LogP contribution is 2.47. The van der Waals surface area contributed by atoms with Gasteiger partial charge in [-0.2, -0.15) is 0 Å². The lowest BCUT2D eigenvalue weighted by Crippen LogP contribution is -2.42. The highest BCUT2D eigenvalue weighted by molar-refractivity contribution is 14.0. The van der Waals surface area contributed by atoms with Crippen molar-refractivity contribution in [3.63, 3.8) is 0 Å². The second-order valence-corrected chi connectivity index (χ2v) is 7.24. The van der Waals surface area contributed by atoms with Gasteiger partial charge in [-0.1, -0.05) is 17.7 Å². The number of likely N-dealkylation sites (tertiary alicyclic amines) is 1. The number of guanidine groups is 1. The topological polar surface area (TPSA) is 46.1 Å². The number of aliphatic imine (C=N–C) groups is 1. The normalized spacial score (nSPS) is 30.2. The van der Waals surface area contributed by atoms with Crippen LogP contribution in [0.2, 0.25) is 5.02 Å². The van der Waals surface area contributed by atoms with Crippen LogP contribution in [0.25, 0.3) is 0 Å². The molecule has 25 heavy (non-hydrogen) atoms. The van der Waals surface area contributed by atoms with Gasteiger partial charge < -0.3 is 19.7 Å². The van der Waals surface area contributed by atoms with Crippen LogP contribution in [-0.4, -0.2) is 56.4 Å². The average molecular weight is 478 g/mol. The summed E-state index contributed by atoms with van der Waals surface area (Å²) < 4.78 is 11.8. The summed E-state index contributed by atoms with van der Waals surface area (Å²) in [6, 6.07) is 7.48. The number of nitrogens with zero attached hydrogens (tertiary/aromatic N) is 2. The summed E-state index contributed by atoms with van der Waals surface area (Å²) in [7, 11) is 1.85. The van der Waals surface area contributed by atoms with Crippen LogP contribution in [0.5, 0.6) is 5.75 Å². The molecule has 0 aromatic heterocycles. The number of rotatable bonds is 4. The van der Waals surface area contributed by atoms with Gasteiger partial charge in [0.25, 0.3) is 0 Å². The first-order valence-electron chi connectivity index (χ1n) is 8.74. The molecule has 3 fully saturated rings. The first-order chi connectivity index (χ1) is 11.7. The maximum atomic E-state index is 6.04. The predicted octanol–water partition coefficient (Wildman–Crippen LogP) is 3.02. The van der Waals surface area contributed by atoms with E-state index in [0.717, 1.165) is 24.8 Å². The van der Waals surface area contributed by atoms with Crippen LogP contribution in [0.4, 0.5) is 0 Å². The van der Waals surface area contributed by atoms with Crippen molar-refractivity contribution >= 4 is 41.5 Å². The van der Waals surface area contributed by atoms with E-state index in [1.807, 2.05) is 31.3 Å². The summed E-state index contributed by atoms with van der Waals surface area (Å²) in [5.74, 6) is 3.14. The molecule has 7 heteroatoms. The third-order valence-electron chi connectivity index (χ3n) is 5.41. The zero-order valence-corrected chi connectivity index (χ0v) is 17.4. The molecule has 0 saturated carbocycles. The van der Waals surface area contributed by atoms with E-state index < -0.39 is 0 Å². The van der Waals surface area contributed by atoms with Crippen LogP contribution in [-0.2, 0) is 4.74 Å². The lowest BCUT2D eigenvalue weighted by Gasteiger charge is -2.23. The van der Waals surface area contributed by atoms with Crippen molar-refractivity contribution in [2.45, 2.75) is 25.0 Å². The minimum atomic E-state index is 0. The molecule has 0 amide bonds. The number of halogens is 2. The minimum absolute atomic E-state index is 0. The van der Waals surface area contributed by atoms with E-state index in [2.05, 4.69) is 15.2 Å². The molecule has 0 spiro atoms. The zero-order chi connectivity index (χ0) is 16.5. The van der Waals surface area contributed by atoms with Gasteiger partial charge in [0.2, 0.25) is 0 Å². The SMILES string of the molecule is CN=C(NCCOc1cccc(Cl)c1)N1CC2C3CCC(O3)C2C1.I. The predicted molar refractivity (Wildman–Crippen MR) is 110 cm³/mol. The molecule has 4 rings (SSSR count). The van der Waals surface area contributed by atoms with Gasteiger partial charge >= 0.3 is 0 Å². The fraction of sp³-hybridized carbons (Fsp3) is 0.611. The number of hydrogen-bond donors (Lipinski definition) is 1. The molecular formula is C18H25ClIN3O2. The lowest BCUT2D eigenvalue weighted by molar-refractivity contribution is 0.0767. The van der Waals surface area contributed by atoms with E-state index in [9.17, 15) is 0 Å². The summed E-state index contributed by atoms with van der Waals surface area (Å²) in [4.78, 5) is 6.82. The zero-order valence-electron chi connectivity index (χ0n) is 14.4. The second kappa shape index (κ2) is 8.31. The quantitative estimate of drug-likeness (QED) is 0.313. The summed E-state index contributed by atoms with van der Waals surface area (Å²) >= 11 is 5.96. The molecular weight excluding hydrogens is 453 g/mol. The number of benzene rings is 1. The Hall–Kier alpha value is -0.730. The molecule has 138 valence electrons. The molecule has 1 N–H and O–H groups in total. The fourth-order valence-corrected chi connectivity index (χ4v) is 4.53. The summed E-state index contributed by atoms with van der Waals surface area (Å²) in [5, 5.41) is 4.10. The van der Waals surface area contributed by atoms with Crippen LogP contribution in [0.1, 0.15) is 12.8 Å². The Labute approximate surface area is 171 Å². The maximum absolute atomic E-state index is 6.04. The monoisotopic (exact) mass is 477 g/mol. The van der Waals surface area contributed by atoms with Crippen LogP contribution in [0.15, 0.2) is 29.3 Å². The maximum Gasteiger partial charge on any atom is 0.193 e. The second-order valence-electron chi connectivity index (χ2n) is 6.80. The molecule has 3 heterocycles. The van der Waals surface area contributed by atoms with Gasteiger partial charge in [-0.25, -0.2) is 0 Å². The van der Waals surface area contributed by atoms with Crippen LogP contribution >= 0.6 is 35.6 Å². The van der Waals surface area contributed by atoms with Crippen LogP contribution < -0.4 is 10.1 Å². The van der Waals surface area contributed by atoms with Crippen LogP contribution in [0, 0.1) is 11.8 Å². The first-order valence-corrected chi connectivity index (χ1v) is 9.12. The molecule has 5 nitrogen and oxygen atoms in total. The number of hydrogen-bond acceptors (Lipinski definition) is 3. The van der Waals surface area contributed by atoms with E-state index in [1.54, 1.807) is 0 Å². The smallest absolute Gasteiger partial charge is 0.193 e. The molecule has 1 aromatic carbocycles. The molecule has 3 saturated heterocycles. The Morgan fingerprint density at radius 3 is 2.68 bits per heavy atom. The Balaban J connectivity index is 0.00000182. The van der Waals surface area contributed by atoms with E-state index in [0.29, 0.717) is 42.2 Å². The molecule has 4 unspecified atom stereocenters. The van der Waals surface area contributed by atoms with Gasteiger partial charge in [0.1, 0.15) is 12.4 Å². The summed E-state index contributed by atoms with van der Waals surface area (Å²) in [6.45, 7) is 3.41. The van der Waals surface area contributed by atoms with Crippen LogP contribution in [0.3, 0.4) is 0 Å². The molecule has 1 aromatic rings. The minimum Gasteiger partial charge on any atom is -0.492 e. The Kier molecular flexibility index (Phi) is 6.33. The molecule has 0 radical (unpaired) electrons. The van der Waals surface area contributed by atoms with Crippen molar-refractivity contribution in [3.8, 4) is 5.75 Å². The largest absolute Gasteiger partial charge is 0.492 e. The van der Waals surface area contributed by atoms with Crippen molar-refractivity contribution in [2.24, 2.45) is 16.8 Å².